The number of H-pyrrole nitrogens is 1. The Kier molecular flexibility index (Phi) is 4.68. The molecule has 0 unspecified atom stereocenters. The molecule has 0 bridgehead atoms. The average molecular weight is 288 g/mol. The fourth-order valence-electron chi connectivity index (χ4n) is 2.41. The van der Waals surface area contributed by atoms with Gasteiger partial charge in [0.15, 0.2) is 0 Å². The minimum Gasteiger partial charge on any atom is -0.396 e. The lowest BCUT2D eigenvalue weighted by Crippen LogP contribution is -2.35. The van der Waals surface area contributed by atoms with Gasteiger partial charge >= 0.3 is 0 Å². The molecule has 0 spiro atoms. The Morgan fingerprint density at radius 3 is 2.86 bits per heavy atom. The van der Waals surface area contributed by atoms with Crippen molar-refractivity contribution in [1.29, 1.82) is 0 Å². The monoisotopic (exact) mass is 288 g/mol. The lowest BCUT2D eigenvalue weighted by Gasteiger charge is -2.23. The maximum absolute atomic E-state index is 12.1. The standard InChI is InChI=1S/C17H24N2O2/c1-12-4-5-14-13(10-18-15(14)8-12)9-16(21)19-11-17(2,3)6-7-20/h4-5,8,10,18,20H,6-7,9,11H2,1-3H3,(H,19,21). The number of hydrogen-bond donors (Lipinski definition) is 3. The fraction of sp³-hybridized carbons (Fsp3) is 0.471. The number of benzene rings is 1. The molecule has 21 heavy (non-hydrogen) atoms. The number of aliphatic hydroxyl groups excluding tert-OH is 1. The van der Waals surface area contributed by atoms with Gasteiger partial charge in [-0.3, -0.25) is 4.79 Å². The van der Waals surface area contributed by atoms with Crippen LogP contribution in [0.2, 0.25) is 0 Å². The third-order valence-corrected chi connectivity index (χ3v) is 3.83. The molecule has 0 radical (unpaired) electrons. The molecule has 4 heteroatoms. The number of rotatable bonds is 6. The average Bonchev–Trinajstić information content (AvgIpc) is 2.79. The maximum atomic E-state index is 12.1. The van der Waals surface area contributed by atoms with E-state index in [4.69, 9.17) is 5.11 Å². The van der Waals surface area contributed by atoms with Gasteiger partial charge < -0.3 is 15.4 Å². The number of carbonyl (C=O) groups is 1. The first-order chi connectivity index (χ1) is 9.91. The largest absolute Gasteiger partial charge is 0.396 e. The van der Waals surface area contributed by atoms with Crippen LogP contribution in [0.1, 0.15) is 31.4 Å². The molecule has 2 rings (SSSR count). The summed E-state index contributed by atoms with van der Waals surface area (Å²) in [5.74, 6) is 0.0162. The van der Waals surface area contributed by atoms with Crippen LogP contribution >= 0.6 is 0 Å². The number of aromatic nitrogens is 1. The third kappa shape index (κ3) is 4.08. The highest BCUT2D eigenvalue weighted by atomic mass is 16.3. The number of nitrogens with one attached hydrogen (secondary N) is 2. The Bertz CT molecular complexity index is 629. The summed E-state index contributed by atoms with van der Waals surface area (Å²) in [5, 5.41) is 13.1. The fourth-order valence-corrected chi connectivity index (χ4v) is 2.41. The van der Waals surface area contributed by atoms with E-state index in [1.165, 1.54) is 5.56 Å². The van der Waals surface area contributed by atoms with Crippen molar-refractivity contribution in [2.75, 3.05) is 13.2 Å². The smallest absolute Gasteiger partial charge is 0.224 e. The van der Waals surface area contributed by atoms with Gasteiger partial charge in [0.25, 0.3) is 0 Å². The van der Waals surface area contributed by atoms with Crippen LogP contribution in [0.5, 0.6) is 0 Å². The Morgan fingerprint density at radius 1 is 1.38 bits per heavy atom. The topological polar surface area (TPSA) is 65.1 Å². The predicted octanol–water partition coefficient (Wildman–Crippen LogP) is 2.54. The lowest BCUT2D eigenvalue weighted by atomic mass is 9.89. The Morgan fingerprint density at radius 2 is 2.14 bits per heavy atom. The van der Waals surface area contributed by atoms with Gasteiger partial charge in [-0.15, -0.1) is 0 Å². The summed E-state index contributed by atoms with van der Waals surface area (Å²) in [7, 11) is 0. The summed E-state index contributed by atoms with van der Waals surface area (Å²) >= 11 is 0. The molecule has 0 saturated carbocycles. The summed E-state index contributed by atoms with van der Waals surface area (Å²) in [6.45, 7) is 6.85. The van der Waals surface area contributed by atoms with E-state index in [1.54, 1.807) is 0 Å². The van der Waals surface area contributed by atoms with Crippen LogP contribution in [-0.4, -0.2) is 29.1 Å². The van der Waals surface area contributed by atoms with Gasteiger partial charge in [-0.25, -0.2) is 0 Å². The lowest BCUT2D eigenvalue weighted by molar-refractivity contribution is -0.120. The highest BCUT2D eigenvalue weighted by molar-refractivity contribution is 5.89. The van der Waals surface area contributed by atoms with Crippen LogP contribution in [0, 0.1) is 12.3 Å². The summed E-state index contributed by atoms with van der Waals surface area (Å²) in [4.78, 5) is 15.3. The van der Waals surface area contributed by atoms with Gasteiger partial charge in [0.1, 0.15) is 0 Å². The minimum atomic E-state index is -0.0816. The van der Waals surface area contributed by atoms with Crippen LogP contribution in [-0.2, 0) is 11.2 Å². The van der Waals surface area contributed by atoms with Crippen molar-refractivity contribution in [3.63, 3.8) is 0 Å². The van der Waals surface area contributed by atoms with Gasteiger partial charge in [-0.2, -0.15) is 0 Å². The summed E-state index contributed by atoms with van der Waals surface area (Å²) in [6.07, 6.45) is 2.96. The van der Waals surface area contributed by atoms with E-state index < -0.39 is 0 Å². The molecule has 1 aromatic heterocycles. The van der Waals surface area contributed by atoms with E-state index in [1.807, 2.05) is 20.0 Å². The van der Waals surface area contributed by atoms with Gasteiger partial charge in [0, 0.05) is 30.3 Å². The molecule has 0 aliphatic rings. The Labute approximate surface area is 125 Å². The van der Waals surface area contributed by atoms with Crippen molar-refractivity contribution in [1.82, 2.24) is 10.3 Å². The van der Waals surface area contributed by atoms with Crippen molar-refractivity contribution >= 4 is 16.8 Å². The first-order valence-corrected chi connectivity index (χ1v) is 7.35. The molecule has 3 N–H and O–H groups in total. The number of hydrogen-bond acceptors (Lipinski definition) is 2. The van der Waals surface area contributed by atoms with Gasteiger partial charge in [-0.1, -0.05) is 26.0 Å². The summed E-state index contributed by atoms with van der Waals surface area (Å²) in [6, 6.07) is 6.20. The van der Waals surface area contributed by atoms with Crippen LogP contribution in [0.15, 0.2) is 24.4 Å². The molecule has 0 fully saturated rings. The normalized spacial score (nSPS) is 11.8. The molecule has 2 aromatic rings. The molecule has 1 heterocycles. The van der Waals surface area contributed by atoms with E-state index in [-0.39, 0.29) is 17.9 Å². The molecule has 0 atom stereocenters. The first kappa shape index (κ1) is 15.6. The molecule has 4 nitrogen and oxygen atoms in total. The maximum Gasteiger partial charge on any atom is 0.224 e. The molecular formula is C17H24N2O2. The zero-order chi connectivity index (χ0) is 15.5. The second-order valence-electron chi connectivity index (χ2n) is 6.45. The van der Waals surface area contributed by atoms with E-state index in [2.05, 4.69) is 35.4 Å². The van der Waals surface area contributed by atoms with Gasteiger partial charge in [0.05, 0.1) is 6.42 Å². The molecule has 1 amide bonds. The van der Waals surface area contributed by atoms with Crippen LogP contribution in [0.4, 0.5) is 0 Å². The molecule has 0 aliphatic carbocycles. The van der Waals surface area contributed by atoms with Gasteiger partial charge in [-0.05, 0) is 36.0 Å². The van der Waals surface area contributed by atoms with Crippen molar-refractivity contribution in [3.8, 4) is 0 Å². The quantitative estimate of drug-likeness (QED) is 0.765. The predicted molar refractivity (Wildman–Crippen MR) is 85.2 cm³/mol. The summed E-state index contributed by atoms with van der Waals surface area (Å²) < 4.78 is 0. The summed E-state index contributed by atoms with van der Waals surface area (Å²) in [5.41, 5.74) is 3.20. The van der Waals surface area contributed by atoms with Crippen molar-refractivity contribution in [3.05, 3.63) is 35.5 Å². The SMILES string of the molecule is Cc1ccc2c(CC(=O)NCC(C)(C)CCO)c[nH]c2c1. The molecule has 1 aromatic carbocycles. The van der Waals surface area contributed by atoms with Crippen LogP contribution in [0.3, 0.4) is 0 Å². The second-order valence-corrected chi connectivity index (χ2v) is 6.45. The molecule has 0 aliphatic heterocycles. The molecule has 0 saturated heterocycles. The second kappa shape index (κ2) is 6.31. The number of aromatic amines is 1. The van der Waals surface area contributed by atoms with Crippen molar-refractivity contribution in [2.24, 2.45) is 5.41 Å². The number of aliphatic hydroxyl groups is 1. The highest BCUT2D eigenvalue weighted by Crippen LogP contribution is 2.21. The first-order valence-electron chi connectivity index (χ1n) is 7.35. The molecular weight excluding hydrogens is 264 g/mol. The third-order valence-electron chi connectivity index (χ3n) is 3.83. The van der Waals surface area contributed by atoms with E-state index in [0.29, 0.717) is 19.4 Å². The van der Waals surface area contributed by atoms with E-state index >= 15 is 0 Å². The van der Waals surface area contributed by atoms with Crippen molar-refractivity contribution in [2.45, 2.75) is 33.6 Å². The van der Waals surface area contributed by atoms with E-state index in [0.717, 1.165) is 16.5 Å². The highest BCUT2D eigenvalue weighted by Gasteiger charge is 2.18. The van der Waals surface area contributed by atoms with Crippen molar-refractivity contribution < 1.29 is 9.90 Å². The number of amides is 1. The van der Waals surface area contributed by atoms with Gasteiger partial charge in [0.2, 0.25) is 5.91 Å². The van der Waals surface area contributed by atoms with E-state index in [9.17, 15) is 4.79 Å². The van der Waals surface area contributed by atoms with Crippen LogP contribution in [0.25, 0.3) is 10.9 Å². The zero-order valence-corrected chi connectivity index (χ0v) is 13.0. The number of fused-ring (bicyclic) bond motifs is 1. The van der Waals surface area contributed by atoms with Crippen LogP contribution < -0.4 is 5.32 Å². The Hall–Kier alpha value is -1.81. The number of aryl methyl sites for hydroxylation is 1. The minimum absolute atomic E-state index is 0.0162. The Balaban J connectivity index is 1.99. The molecule has 114 valence electrons. The number of carbonyl (C=O) groups excluding carboxylic acids is 1. The zero-order valence-electron chi connectivity index (χ0n) is 13.0.